The molecule has 0 bridgehead atoms. The van der Waals surface area contributed by atoms with E-state index in [2.05, 4.69) is 9.97 Å². The maximum Gasteiger partial charge on any atom is 0.314 e. The van der Waals surface area contributed by atoms with Crippen molar-refractivity contribution in [1.82, 2.24) is 9.97 Å². The lowest BCUT2D eigenvalue weighted by Gasteiger charge is -2.21. The van der Waals surface area contributed by atoms with E-state index in [1.165, 1.54) is 12.4 Å². The fraction of sp³-hybridized carbons (Fsp3) is 0.435. The monoisotopic (exact) mass is 506 g/mol. The van der Waals surface area contributed by atoms with Crippen LogP contribution in [-0.2, 0) is 28.0 Å². The number of hydrogen-bond acceptors (Lipinski definition) is 4. The molecule has 0 saturated carbocycles. The molecule has 0 spiro atoms. The summed E-state index contributed by atoms with van der Waals surface area (Å²) in [5, 5.41) is -0.216. The molecular weight excluding hydrogens is 483 g/mol. The van der Waals surface area contributed by atoms with Crippen LogP contribution >= 0.6 is 23.2 Å². The second kappa shape index (κ2) is 10.8. The number of carbonyl (C=O) groups excluding carboxylic acids is 1. The van der Waals surface area contributed by atoms with Crippen molar-refractivity contribution in [2.24, 2.45) is 5.92 Å². The third-order valence-electron chi connectivity index (χ3n) is 4.89. The zero-order valence-electron chi connectivity index (χ0n) is 18.8. The van der Waals surface area contributed by atoms with Crippen LogP contribution in [0.5, 0.6) is 0 Å². The summed E-state index contributed by atoms with van der Waals surface area (Å²) in [5.74, 6) is -8.02. The van der Waals surface area contributed by atoms with Gasteiger partial charge in [-0.3, -0.25) is 4.79 Å². The van der Waals surface area contributed by atoms with Crippen LogP contribution in [0, 0.1) is 29.2 Å². The van der Waals surface area contributed by atoms with Crippen LogP contribution in [0.1, 0.15) is 63.1 Å². The number of hydrogen-bond donors (Lipinski definition) is 0. The van der Waals surface area contributed by atoms with Gasteiger partial charge in [-0.25, -0.2) is 27.5 Å². The van der Waals surface area contributed by atoms with E-state index in [-0.39, 0.29) is 16.4 Å². The molecule has 0 fully saturated rings. The molecular formula is C23H24Cl2F4N2O2. The van der Waals surface area contributed by atoms with Crippen molar-refractivity contribution in [2.45, 2.75) is 59.0 Å². The van der Waals surface area contributed by atoms with Gasteiger partial charge in [-0.2, -0.15) is 0 Å². The van der Waals surface area contributed by atoms with Crippen LogP contribution in [-0.4, -0.2) is 15.9 Å². The average Bonchev–Trinajstić information content (AvgIpc) is 2.74. The summed E-state index contributed by atoms with van der Waals surface area (Å²) in [7, 11) is 0. The summed E-state index contributed by atoms with van der Waals surface area (Å²) in [6, 6.07) is 0. The van der Waals surface area contributed by atoms with Crippen molar-refractivity contribution in [3.63, 3.8) is 0 Å². The molecule has 0 radical (unpaired) electrons. The highest BCUT2D eigenvalue weighted by molar-refractivity contribution is 6.36. The zero-order chi connectivity index (χ0) is 25.1. The predicted octanol–water partition coefficient (Wildman–Crippen LogP) is 6.68. The van der Waals surface area contributed by atoms with E-state index in [0.29, 0.717) is 11.4 Å². The van der Waals surface area contributed by atoms with Crippen LogP contribution in [0.15, 0.2) is 23.0 Å². The van der Waals surface area contributed by atoms with Crippen LogP contribution in [0.3, 0.4) is 0 Å². The van der Waals surface area contributed by atoms with Gasteiger partial charge in [0.2, 0.25) is 0 Å². The lowest BCUT2D eigenvalue weighted by molar-refractivity contribution is -0.148. The molecule has 2 rings (SSSR count). The third-order valence-corrected chi connectivity index (χ3v) is 5.51. The summed E-state index contributed by atoms with van der Waals surface area (Å²) in [5.41, 5.74) is -0.992. The lowest BCUT2D eigenvalue weighted by atomic mass is 9.89. The normalized spacial score (nSPS) is 13.4. The molecule has 4 nitrogen and oxygen atoms in total. The van der Waals surface area contributed by atoms with Gasteiger partial charge in [0.05, 0.1) is 11.5 Å². The van der Waals surface area contributed by atoms with Gasteiger partial charge in [0.25, 0.3) is 0 Å². The largest absolute Gasteiger partial charge is 0.460 e. The molecule has 0 aliphatic heterocycles. The lowest BCUT2D eigenvalue weighted by Crippen LogP contribution is -2.23. The molecule has 1 unspecified atom stereocenters. The van der Waals surface area contributed by atoms with E-state index in [0.717, 1.165) is 5.54 Å². The van der Waals surface area contributed by atoms with Gasteiger partial charge in [-0.05, 0) is 5.92 Å². The summed E-state index contributed by atoms with van der Waals surface area (Å²) in [6.07, 6.45) is 2.34. The number of allylic oxidation sites excluding steroid dienone is 1. The smallest absolute Gasteiger partial charge is 0.314 e. The van der Waals surface area contributed by atoms with Gasteiger partial charge >= 0.3 is 5.97 Å². The van der Waals surface area contributed by atoms with Crippen molar-refractivity contribution < 1.29 is 27.1 Å². The van der Waals surface area contributed by atoms with E-state index in [1.807, 2.05) is 20.8 Å². The molecule has 1 heterocycles. The average molecular weight is 507 g/mol. The second-order valence-corrected chi connectivity index (χ2v) is 9.57. The summed E-state index contributed by atoms with van der Waals surface area (Å²) < 4.78 is 62.7. The molecule has 180 valence electrons. The topological polar surface area (TPSA) is 52.1 Å². The quantitative estimate of drug-likeness (QED) is 0.239. The maximum atomic E-state index is 14.5. The summed E-state index contributed by atoms with van der Waals surface area (Å²) in [6.45, 7) is 8.28. The molecule has 1 atom stereocenters. The van der Waals surface area contributed by atoms with Crippen LogP contribution in [0.25, 0.3) is 0 Å². The number of nitrogens with zero attached hydrogens (tertiary/aromatic N) is 2. The first-order valence-corrected chi connectivity index (χ1v) is 10.9. The minimum absolute atomic E-state index is 0.216. The predicted molar refractivity (Wildman–Crippen MR) is 118 cm³/mol. The molecule has 0 aliphatic carbocycles. The first-order chi connectivity index (χ1) is 15.3. The number of aromatic nitrogens is 2. The zero-order valence-corrected chi connectivity index (χ0v) is 20.3. The number of esters is 1. The molecule has 0 N–H and O–H groups in total. The van der Waals surface area contributed by atoms with E-state index >= 15 is 0 Å². The molecule has 1 aromatic heterocycles. The fourth-order valence-electron chi connectivity index (χ4n) is 3.12. The molecule has 33 heavy (non-hydrogen) atoms. The first kappa shape index (κ1) is 27.1. The Labute approximate surface area is 200 Å². The van der Waals surface area contributed by atoms with Crippen molar-refractivity contribution in [2.75, 3.05) is 0 Å². The van der Waals surface area contributed by atoms with Gasteiger partial charge in [0, 0.05) is 45.9 Å². The number of rotatable bonds is 7. The third kappa shape index (κ3) is 6.23. The Morgan fingerprint density at radius 3 is 1.94 bits per heavy atom. The Hall–Kier alpha value is -2.19. The van der Waals surface area contributed by atoms with Gasteiger partial charge in [-0.1, -0.05) is 57.8 Å². The fourth-order valence-corrected chi connectivity index (χ4v) is 3.33. The number of ether oxygens (including phenoxy) is 1. The van der Waals surface area contributed by atoms with Gasteiger partial charge in [-0.15, -0.1) is 0 Å². The van der Waals surface area contributed by atoms with Gasteiger partial charge in [0.15, 0.2) is 23.3 Å². The van der Waals surface area contributed by atoms with Crippen molar-refractivity contribution in [3.8, 4) is 0 Å². The van der Waals surface area contributed by atoms with Gasteiger partial charge in [0.1, 0.15) is 12.4 Å². The Morgan fingerprint density at radius 1 is 1.03 bits per heavy atom. The maximum absolute atomic E-state index is 14.5. The van der Waals surface area contributed by atoms with Gasteiger partial charge < -0.3 is 4.74 Å². The highest BCUT2D eigenvalue weighted by atomic mass is 35.5. The molecule has 0 amide bonds. The minimum atomic E-state index is -1.67. The number of carbonyl (C=O) groups is 1. The first-order valence-electron chi connectivity index (χ1n) is 10.1. The number of halogens is 6. The highest BCUT2D eigenvalue weighted by Crippen LogP contribution is 2.30. The van der Waals surface area contributed by atoms with Crippen molar-refractivity contribution in [1.29, 1.82) is 0 Å². The SMILES string of the molecule is CC(C)C(C(=O)OCc1c(F)c(F)c(C/C(Cl)=C\Cl)c(F)c1F)c1cnc(C(C)(C)C)nc1. The highest BCUT2D eigenvalue weighted by Gasteiger charge is 2.30. The molecule has 0 saturated heterocycles. The Morgan fingerprint density at radius 2 is 1.52 bits per heavy atom. The molecule has 0 aliphatic rings. The molecule has 10 heteroatoms. The minimum Gasteiger partial charge on any atom is -0.460 e. The molecule has 1 aromatic carbocycles. The Balaban J connectivity index is 2.29. The van der Waals surface area contributed by atoms with Crippen LogP contribution < -0.4 is 0 Å². The molecule has 2 aromatic rings. The number of benzene rings is 1. The standard InChI is InChI=1S/C23H24Cl2F4N2O2/c1-11(2)16(12-8-30-22(31-9-12)23(3,4)5)21(32)33-10-15-19(28)17(26)14(6-13(25)7-24)18(27)20(15)29/h7-9,11,16H,6,10H2,1-5H3/b13-7+. The van der Waals surface area contributed by atoms with E-state index in [4.69, 9.17) is 27.9 Å². The van der Waals surface area contributed by atoms with E-state index in [1.54, 1.807) is 13.8 Å². The van der Waals surface area contributed by atoms with E-state index < -0.39 is 59.3 Å². The summed E-state index contributed by atoms with van der Waals surface area (Å²) in [4.78, 5) is 21.3. The summed E-state index contributed by atoms with van der Waals surface area (Å²) >= 11 is 11.0. The van der Waals surface area contributed by atoms with Crippen LogP contribution in [0.4, 0.5) is 17.6 Å². The van der Waals surface area contributed by atoms with Crippen molar-refractivity contribution in [3.05, 3.63) is 68.7 Å². The second-order valence-electron chi connectivity index (χ2n) is 8.87. The van der Waals surface area contributed by atoms with Crippen molar-refractivity contribution >= 4 is 29.2 Å². The Kier molecular flexibility index (Phi) is 8.88. The Bertz CT molecular complexity index is 1020. The van der Waals surface area contributed by atoms with Crippen LogP contribution in [0.2, 0.25) is 0 Å². The van der Waals surface area contributed by atoms with E-state index in [9.17, 15) is 22.4 Å².